The van der Waals surface area contributed by atoms with Gasteiger partial charge in [-0.15, -0.1) is 0 Å². The average molecular weight is 238 g/mol. The van der Waals surface area contributed by atoms with Gasteiger partial charge in [-0.05, 0) is 0 Å². The number of nitrogens with zero attached hydrogens (tertiary/aromatic N) is 3. The van der Waals surface area contributed by atoms with Crippen molar-refractivity contribution in [1.29, 1.82) is 0 Å². The van der Waals surface area contributed by atoms with E-state index < -0.39 is 12.0 Å². The third-order valence-electron chi connectivity index (χ3n) is 2.71. The fraction of sp³-hybridized carbons (Fsp3) is 0.500. The third-order valence-corrected chi connectivity index (χ3v) is 2.71. The fourth-order valence-electron chi connectivity index (χ4n) is 1.84. The molecule has 1 atom stereocenters. The van der Waals surface area contributed by atoms with Crippen molar-refractivity contribution in [1.82, 2.24) is 19.8 Å². The minimum atomic E-state index is -0.999. The number of hydrogen-bond donors (Lipinski definition) is 2. The number of carbonyl (C=O) groups is 2. The Morgan fingerprint density at radius 2 is 2.35 bits per heavy atom. The zero-order chi connectivity index (χ0) is 12.4. The Morgan fingerprint density at radius 3 is 2.94 bits per heavy atom. The molecule has 2 heterocycles. The summed E-state index contributed by atoms with van der Waals surface area (Å²) in [5, 5.41) is 12.0. The van der Waals surface area contributed by atoms with Gasteiger partial charge in [-0.25, -0.2) is 9.78 Å². The van der Waals surface area contributed by atoms with Gasteiger partial charge >= 0.3 is 5.97 Å². The molecule has 7 nitrogen and oxygen atoms in total. The van der Waals surface area contributed by atoms with Crippen LogP contribution in [0.5, 0.6) is 0 Å². The van der Waals surface area contributed by atoms with Gasteiger partial charge in [0.15, 0.2) is 0 Å². The lowest BCUT2D eigenvalue weighted by molar-refractivity contribution is -0.142. The normalized spacial score (nSPS) is 20.3. The van der Waals surface area contributed by atoms with Crippen molar-refractivity contribution in [3.05, 3.63) is 18.2 Å². The number of nitrogens with one attached hydrogen (secondary N) is 1. The second-order valence-corrected chi connectivity index (χ2v) is 3.98. The molecule has 7 heteroatoms. The van der Waals surface area contributed by atoms with Gasteiger partial charge in [-0.3, -0.25) is 4.79 Å². The molecule has 2 N–H and O–H groups in total. The standard InChI is InChI=1S/C10H14N4O3/c1-13-5-7(12-6-13)9(15)14-3-2-11-4-8(14)10(16)17/h5-6,8,11H,2-4H2,1H3,(H,16,17). The molecule has 1 amide bonds. The molecule has 1 aromatic rings. The van der Waals surface area contributed by atoms with Crippen LogP contribution in [0.2, 0.25) is 0 Å². The SMILES string of the molecule is Cn1cnc(C(=O)N2CCNCC2C(=O)O)c1. The van der Waals surface area contributed by atoms with Gasteiger partial charge < -0.3 is 19.9 Å². The van der Waals surface area contributed by atoms with Gasteiger partial charge in [0.25, 0.3) is 5.91 Å². The van der Waals surface area contributed by atoms with E-state index in [0.29, 0.717) is 13.1 Å². The molecule has 0 aliphatic carbocycles. The van der Waals surface area contributed by atoms with Crippen molar-refractivity contribution in [3.8, 4) is 0 Å². The molecule has 1 aliphatic rings. The average Bonchev–Trinajstić information content (AvgIpc) is 2.75. The number of carboxylic acid groups (broad SMARTS) is 1. The third kappa shape index (κ3) is 2.28. The van der Waals surface area contributed by atoms with Gasteiger partial charge in [0, 0.05) is 32.9 Å². The number of aryl methyl sites for hydroxylation is 1. The Kier molecular flexibility index (Phi) is 3.10. The zero-order valence-electron chi connectivity index (χ0n) is 9.46. The first-order chi connectivity index (χ1) is 8.09. The molecule has 1 fully saturated rings. The molecule has 0 radical (unpaired) electrons. The molecule has 92 valence electrons. The summed E-state index contributed by atoms with van der Waals surface area (Å²) < 4.78 is 1.66. The van der Waals surface area contributed by atoms with Crippen LogP contribution in [-0.4, -0.2) is 57.1 Å². The predicted octanol–water partition coefficient (Wildman–Crippen LogP) is -1.08. The lowest BCUT2D eigenvalue weighted by atomic mass is 10.2. The highest BCUT2D eigenvalue weighted by Gasteiger charge is 2.33. The van der Waals surface area contributed by atoms with Crippen LogP contribution >= 0.6 is 0 Å². The van der Waals surface area contributed by atoms with Crippen LogP contribution in [0.15, 0.2) is 12.5 Å². The molecule has 1 aromatic heterocycles. The summed E-state index contributed by atoms with van der Waals surface area (Å²) in [6.07, 6.45) is 3.11. The van der Waals surface area contributed by atoms with Crippen molar-refractivity contribution in [2.75, 3.05) is 19.6 Å². The number of imidazole rings is 1. The van der Waals surface area contributed by atoms with Crippen LogP contribution in [0.3, 0.4) is 0 Å². The van der Waals surface area contributed by atoms with Crippen molar-refractivity contribution < 1.29 is 14.7 Å². The van der Waals surface area contributed by atoms with Crippen molar-refractivity contribution in [2.45, 2.75) is 6.04 Å². The van der Waals surface area contributed by atoms with E-state index in [-0.39, 0.29) is 18.1 Å². The smallest absolute Gasteiger partial charge is 0.327 e. The quantitative estimate of drug-likeness (QED) is 0.684. The lowest BCUT2D eigenvalue weighted by Gasteiger charge is -2.32. The molecule has 2 rings (SSSR count). The predicted molar refractivity (Wildman–Crippen MR) is 58.5 cm³/mol. The first-order valence-electron chi connectivity index (χ1n) is 5.32. The highest BCUT2D eigenvalue weighted by Crippen LogP contribution is 2.09. The van der Waals surface area contributed by atoms with Gasteiger partial charge in [-0.2, -0.15) is 0 Å². The maximum atomic E-state index is 12.1. The van der Waals surface area contributed by atoms with E-state index in [4.69, 9.17) is 5.11 Å². The van der Waals surface area contributed by atoms with Crippen LogP contribution < -0.4 is 5.32 Å². The summed E-state index contributed by atoms with van der Waals surface area (Å²) in [7, 11) is 1.76. The van der Waals surface area contributed by atoms with Crippen LogP contribution in [0.1, 0.15) is 10.5 Å². The van der Waals surface area contributed by atoms with Gasteiger partial charge in [0.2, 0.25) is 0 Å². The molecule has 0 bridgehead atoms. The second-order valence-electron chi connectivity index (χ2n) is 3.98. The van der Waals surface area contributed by atoms with Gasteiger partial charge in [0.1, 0.15) is 11.7 Å². The number of rotatable bonds is 2. The Labute approximate surface area is 98.0 Å². The molecule has 1 saturated heterocycles. The first kappa shape index (κ1) is 11.6. The Morgan fingerprint density at radius 1 is 1.59 bits per heavy atom. The van der Waals surface area contributed by atoms with Crippen molar-refractivity contribution in [3.63, 3.8) is 0 Å². The number of carbonyl (C=O) groups excluding carboxylic acids is 1. The summed E-state index contributed by atoms with van der Waals surface area (Å²) in [4.78, 5) is 28.4. The van der Waals surface area contributed by atoms with E-state index >= 15 is 0 Å². The minimum absolute atomic E-state index is 0.272. The van der Waals surface area contributed by atoms with E-state index in [1.165, 1.54) is 11.2 Å². The Hall–Kier alpha value is -1.89. The molecule has 0 aromatic carbocycles. The maximum Gasteiger partial charge on any atom is 0.327 e. The highest BCUT2D eigenvalue weighted by molar-refractivity contribution is 5.95. The van der Waals surface area contributed by atoms with Crippen LogP contribution in [0.25, 0.3) is 0 Å². The van der Waals surface area contributed by atoms with E-state index in [1.807, 2.05) is 0 Å². The Bertz CT molecular complexity index is 443. The van der Waals surface area contributed by atoms with Crippen molar-refractivity contribution >= 4 is 11.9 Å². The lowest BCUT2D eigenvalue weighted by Crippen LogP contribution is -2.57. The summed E-state index contributed by atoms with van der Waals surface area (Å²) in [5.41, 5.74) is 0.278. The van der Waals surface area contributed by atoms with Crippen LogP contribution in [0, 0.1) is 0 Å². The molecule has 1 unspecified atom stereocenters. The van der Waals surface area contributed by atoms with Crippen LogP contribution in [-0.2, 0) is 11.8 Å². The first-order valence-corrected chi connectivity index (χ1v) is 5.32. The highest BCUT2D eigenvalue weighted by atomic mass is 16.4. The molecular weight excluding hydrogens is 224 g/mol. The van der Waals surface area contributed by atoms with Crippen molar-refractivity contribution in [2.24, 2.45) is 7.05 Å². The van der Waals surface area contributed by atoms with E-state index in [0.717, 1.165) is 0 Å². The maximum absolute atomic E-state index is 12.1. The van der Waals surface area contributed by atoms with Gasteiger partial charge in [-0.1, -0.05) is 0 Å². The number of aromatic nitrogens is 2. The van der Waals surface area contributed by atoms with E-state index in [9.17, 15) is 9.59 Å². The zero-order valence-corrected chi connectivity index (χ0v) is 9.46. The molecular formula is C10H14N4O3. The summed E-state index contributed by atoms with van der Waals surface area (Å²) in [6.45, 7) is 1.25. The monoisotopic (exact) mass is 238 g/mol. The molecule has 1 aliphatic heterocycles. The number of hydrogen-bond acceptors (Lipinski definition) is 4. The largest absolute Gasteiger partial charge is 0.480 e. The topological polar surface area (TPSA) is 87.5 Å². The second kappa shape index (κ2) is 4.54. The Balaban J connectivity index is 2.19. The fourth-order valence-corrected chi connectivity index (χ4v) is 1.84. The molecule has 0 saturated carbocycles. The van der Waals surface area contributed by atoms with Crippen LogP contribution in [0.4, 0.5) is 0 Å². The van der Waals surface area contributed by atoms with Gasteiger partial charge in [0.05, 0.1) is 6.33 Å². The molecule has 17 heavy (non-hydrogen) atoms. The minimum Gasteiger partial charge on any atom is -0.480 e. The summed E-state index contributed by atoms with van der Waals surface area (Å²) in [5.74, 6) is -1.33. The summed E-state index contributed by atoms with van der Waals surface area (Å²) in [6, 6.07) is -0.821. The number of piperazine rings is 1. The van der Waals surface area contributed by atoms with E-state index in [1.54, 1.807) is 17.8 Å². The number of carboxylic acids is 1. The van der Waals surface area contributed by atoms with E-state index in [2.05, 4.69) is 10.3 Å². The molecule has 0 spiro atoms. The summed E-state index contributed by atoms with van der Waals surface area (Å²) >= 11 is 0. The number of amides is 1. The number of aliphatic carboxylic acids is 1.